The van der Waals surface area contributed by atoms with Crippen molar-refractivity contribution in [2.75, 3.05) is 25.6 Å². The number of benzene rings is 2. The van der Waals surface area contributed by atoms with Crippen LogP contribution in [0.1, 0.15) is 33.9 Å². The third kappa shape index (κ3) is 5.85. The van der Waals surface area contributed by atoms with Crippen molar-refractivity contribution in [1.82, 2.24) is 9.97 Å². The highest BCUT2D eigenvalue weighted by atomic mass is 35.5. The molecule has 0 saturated carbocycles. The molecule has 0 amide bonds. The molecule has 4 rings (SSSR count). The van der Waals surface area contributed by atoms with Gasteiger partial charge >= 0.3 is 0 Å². The lowest BCUT2D eigenvalue weighted by Crippen LogP contribution is -2.55. The second-order valence-electron chi connectivity index (χ2n) is 8.89. The van der Waals surface area contributed by atoms with E-state index in [1.165, 1.54) is 0 Å². The molecule has 2 aromatic carbocycles. The van der Waals surface area contributed by atoms with Crippen molar-refractivity contribution >= 4 is 17.5 Å². The molecule has 2 heterocycles. The molecule has 5 atom stereocenters. The molecule has 1 aromatic heterocycles. The topological polar surface area (TPSA) is 119 Å². The molecule has 36 heavy (non-hydrogen) atoms. The summed E-state index contributed by atoms with van der Waals surface area (Å²) < 4.78 is 5.68. The molecule has 0 bridgehead atoms. The van der Waals surface area contributed by atoms with Crippen molar-refractivity contribution < 1.29 is 25.2 Å². The Labute approximate surface area is 214 Å². The van der Waals surface area contributed by atoms with Crippen molar-refractivity contribution in [3.05, 3.63) is 87.7 Å². The van der Waals surface area contributed by atoms with Gasteiger partial charge in [0.2, 0.25) is 5.95 Å². The summed E-state index contributed by atoms with van der Waals surface area (Å²) in [4.78, 5) is 10.3. The van der Waals surface area contributed by atoms with Crippen molar-refractivity contribution in [3.63, 3.8) is 0 Å². The summed E-state index contributed by atoms with van der Waals surface area (Å²) in [6.45, 7) is -0.481. The van der Waals surface area contributed by atoms with Gasteiger partial charge in [-0.2, -0.15) is 0 Å². The SMILES string of the molecule is CN(C)c1ncc(C#Cc2ccc(Cc3cc([C@@H]4O[C@H](CO)[C@@H](O)[C@H](O)[C@H]4O)ccc3Cl)cc2)cn1. The predicted octanol–water partition coefficient (Wildman–Crippen LogP) is 1.70. The highest BCUT2D eigenvalue weighted by Gasteiger charge is 2.44. The highest BCUT2D eigenvalue weighted by molar-refractivity contribution is 6.31. The molecule has 188 valence electrons. The molecule has 0 unspecified atom stereocenters. The van der Waals surface area contributed by atoms with Gasteiger partial charge in [0.25, 0.3) is 0 Å². The standard InChI is InChI=1S/C27H28ClN3O5/c1-31(2)27-29-13-18(14-30-27)8-5-16-3-6-17(7-4-16)11-20-12-19(9-10-21(20)28)26-25(35)24(34)23(33)22(15-32)36-26/h3-4,6-7,9-10,12-14,22-26,32-35H,11,15H2,1-2H3/t22-,23-,24+,25-,26+/m1/s1. The molecule has 9 heteroatoms. The average molecular weight is 510 g/mol. The monoisotopic (exact) mass is 509 g/mol. The Bertz CT molecular complexity index is 1240. The minimum Gasteiger partial charge on any atom is -0.394 e. The van der Waals surface area contributed by atoms with Crippen molar-refractivity contribution in [2.24, 2.45) is 0 Å². The molecule has 0 aliphatic carbocycles. The van der Waals surface area contributed by atoms with Crippen LogP contribution in [0.2, 0.25) is 5.02 Å². The van der Waals surface area contributed by atoms with Crippen LogP contribution in [0.15, 0.2) is 54.9 Å². The van der Waals surface area contributed by atoms with Crippen LogP contribution in [-0.2, 0) is 11.2 Å². The second kappa shape index (κ2) is 11.4. The van der Waals surface area contributed by atoms with Crippen LogP contribution in [0.4, 0.5) is 5.95 Å². The zero-order valence-corrected chi connectivity index (χ0v) is 20.7. The fourth-order valence-electron chi connectivity index (χ4n) is 3.97. The van der Waals surface area contributed by atoms with E-state index in [9.17, 15) is 20.4 Å². The van der Waals surface area contributed by atoms with Crippen LogP contribution >= 0.6 is 11.6 Å². The van der Waals surface area contributed by atoms with E-state index in [0.29, 0.717) is 23.0 Å². The van der Waals surface area contributed by atoms with Gasteiger partial charge in [-0.25, -0.2) is 9.97 Å². The summed E-state index contributed by atoms with van der Waals surface area (Å²) in [6, 6.07) is 13.0. The fourth-order valence-corrected chi connectivity index (χ4v) is 4.16. The number of nitrogens with zero attached hydrogens (tertiary/aromatic N) is 3. The predicted molar refractivity (Wildman–Crippen MR) is 136 cm³/mol. The largest absolute Gasteiger partial charge is 0.394 e. The van der Waals surface area contributed by atoms with Gasteiger partial charge in [0, 0.05) is 37.1 Å². The van der Waals surface area contributed by atoms with Crippen LogP contribution in [-0.4, -0.2) is 75.5 Å². The highest BCUT2D eigenvalue weighted by Crippen LogP contribution is 2.34. The van der Waals surface area contributed by atoms with E-state index in [4.69, 9.17) is 16.3 Å². The van der Waals surface area contributed by atoms with Crippen LogP contribution in [0.5, 0.6) is 0 Å². The van der Waals surface area contributed by atoms with Gasteiger partial charge in [0.05, 0.1) is 12.2 Å². The van der Waals surface area contributed by atoms with Gasteiger partial charge in [-0.15, -0.1) is 0 Å². The molecule has 4 N–H and O–H groups in total. The molecule has 1 aliphatic heterocycles. The fraction of sp³-hybridized carbons (Fsp3) is 0.333. The number of ether oxygens (including phenoxy) is 1. The number of halogens is 1. The first kappa shape index (κ1) is 26.0. The Morgan fingerprint density at radius 3 is 2.22 bits per heavy atom. The minimum atomic E-state index is -1.44. The molecular formula is C27H28ClN3O5. The maximum absolute atomic E-state index is 10.5. The normalized spacial score (nSPS) is 23.6. The Balaban J connectivity index is 1.48. The summed E-state index contributed by atoms with van der Waals surface area (Å²) in [5.41, 5.74) is 3.98. The van der Waals surface area contributed by atoms with Gasteiger partial charge in [0.1, 0.15) is 30.5 Å². The van der Waals surface area contributed by atoms with Gasteiger partial charge < -0.3 is 30.1 Å². The quantitative estimate of drug-likeness (QED) is 0.384. The third-order valence-corrected chi connectivity index (χ3v) is 6.40. The lowest BCUT2D eigenvalue weighted by Gasteiger charge is -2.40. The van der Waals surface area contributed by atoms with E-state index >= 15 is 0 Å². The van der Waals surface area contributed by atoms with Crippen molar-refractivity contribution in [3.8, 4) is 11.8 Å². The Kier molecular flexibility index (Phi) is 8.21. The Morgan fingerprint density at radius 2 is 1.58 bits per heavy atom. The lowest BCUT2D eigenvalue weighted by atomic mass is 9.90. The van der Waals surface area contributed by atoms with Crippen LogP contribution in [0.3, 0.4) is 0 Å². The summed E-state index contributed by atoms with van der Waals surface area (Å²) in [5, 5.41) is 40.6. The van der Waals surface area contributed by atoms with Crippen LogP contribution < -0.4 is 4.90 Å². The maximum atomic E-state index is 10.5. The van der Waals surface area contributed by atoms with E-state index in [-0.39, 0.29) is 0 Å². The molecule has 1 fully saturated rings. The smallest absolute Gasteiger partial charge is 0.224 e. The summed E-state index contributed by atoms with van der Waals surface area (Å²) >= 11 is 6.44. The molecule has 0 spiro atoms. The van der Waals surface area contributed by atoms with Crippen LogP contribution in [0, 0.1) is 11.8 Å². The molecule has 8 nitrogen and oxygen atoms in total. The summed E-state index contributed by atoms with van der Waals surface area (Å²) in [6.07, 6.45) is -2.17. The number of hydrogen-bond donors (Lipinski definition) is 4. The number of aliphatic hydroxyl groups is 4. The molecule has 1 aliphatic rings. The van der Waals surface area contributed by atoms with E-state index in [1.807, 2.05) is 43.3 Å². The number of hydrogen-bond acceptors (Lipinski definition) is 8. The Morgan fingerprint density at radius 1 is 0.917 bits per heavy atom. The van der Waals surface area contributed by atoms with E-state index in [0.717, 1.165) is 22.3 Å². The first-order chi connectivity index (χ1) is 17.3. The van der Waals surface area contributed by atoms with E-state index in [2.05, 4.69) is 21.8 Å². The summed E-state index contributed by atoms with van der Waals surface area (Å²) in [5.74, 6) is 6.79. The number of anilines is 1. The van der Waals surface area contributed by atoms with Gasteiger partial charge in [0.15, 0.2) is 0 Å². The maximum Gasteiger partial charge on any atom is 0.224 e. The lowest BCUT2D eigenvalue weighted by molar-refractivity contribution is -0.231. The van der Waals surface area contributed by atoms with Crippen molar-refractivity contribution in [2.45, 2.75) is 36.9 Å². The first-order valence-corrected chi connectivity index (χ1v) is 11.8. The number of rotatable bonds is 5. The van der Waals surface area contributed by atoms with Gasteiger partial charge in [-0.3, -0.25) is 0 Å². The minimum absolute atomic E-state index is 0.481. The molecule has 1 saturated heterocycles. The zero-order chi connectivity index (χ0) is 25.8. The second-order valence-corrected chi connectivity index (χ2v) is 9.30. The third-order valence-electron chi connectivity index (χ3n) is 6.03. The summed E-state index contributed by atoms with van der Waals surface area (Å²) in [7, 11) is 3.75. The number of aliphatic hydroxyl groups excluding tert-OH is 4. The first-order valence-electron chi connectivity index (χ1n) is 11.5. The molecule has 3 aromatic rings. The zero-order valence-electron chi connectivity index (χ0n) is 19.9. The number of aromatic nitrogens is 2. The average Bonchev–Trinajstić information content (AvgIpc) is 2.89. The van der Waals surface area contributed by atoms with Gasteiger partial charge in [-0.1, -0.05) is 47.7 Å². The van der Waals surface area contributed by atoms with Crippen molar-refractivity contribution in [1.29, 1.82) is 0 Å². The molecule has 0 radical (unpaired) electrons. The van der Waals surface area contributed by atoms with E-state index in [1.54, 1.807) is 30.6 Å². The van der Waals surface area contributed by atoms with E-state index < -0.39 is 37.1 Å². The molecular weight excluding hydrogens is 482 g/mol. The van der Waals surface area contributed by atoms with Crippen LogP contribution in [0.25, 0.3) is 0 Å². The Hall–Kier alpha value is -3.03. The van der Waals surface area contributed by atoms with Gasteiger partial charge in [-0.05, 0) is 41.3 Å².